The second-order valence-corrected chi connectivity index (χ2v) is 4.59. The summed E-state index contributed by atoms with van der Waals surface area (Å²) in [4.78, 5) is 7.04. The largest absolute Gasteiger partial charge is 0.454 e. The van der Waals surface area contributed by atoms with E-state index >= 15 is 0 Å². The van der Waals surface area contributed by atoms with Crippen molar-refractivity contribution in [2.24, 2.45) is 0 Å². The Bertz CT molecular complexity index is 711. The van der Waals surface area contributed by atoms with E-state index in [0.717, 1.165) is 11.3 Å². The maximum absolute atomic E-state index is 13.6. The number of hydrogen-bond acceptors (Lipinski definition) is 2. The molecule has 0 aliphatic carbocycles. The second-order valence-electron chi connectivity index (χ2n) is 4.16. The summed E-state index contributed by atoms with van der Waals surface area (Å²) >= 11 is 5.69. The van der Waals surface area contributed by atoms with Crippen molar-refractivity contribution in [1.29, 1.82) is 0 Å². The van der Waals surface area contributed by atoms with Gasteiger partial charge in [0.15, 0.2) is 11.6 Å². The van der Waals surface area contributed by atoms with Crippen LogP contribution in [0.1, 0.15) is 0 Å². The lowest BCUT2D eigenvalue weighted by Gasteiger charge is -2.07. The van der Waals surface area contributed by atoms with Gasteiger partial charge in [0.25, 0.3) is 0 Å². The fraction of sp³-hybridized carbons (Fsp3) is 0. The molecule has 1 aromatic heterocycles. The van der Waals surface area contributed by atoms with E-state index in [0.29, 0.717) is 10.8 Å². The molecular weight excluding hydrogens is 279 g/mol. The molecule has 0 radical (unpaired) electrons. The van der Waals surface area contributed by atoms with E-state index in [9.17, 15) is 4.39 Å². The van der Waals surface area contributed by atoms with Gasteiger partial charge < -0.3 is 9.72 Å². The summed E-state index contributed by atoms with van der Waals surface area (Å²) in [5.74, 6) is 0.196. The molecule has 20 heavy (non-hydrogen) atoms. The van der Waals surface area contributed by atoms with Crippen LogP contribution in [0.15, 0.2) is 55.0 Å². The lowest BCUT2D eigenvalue weighted by atomic mass is 10.2. The van der Waals surface area contributed by atoms with Crippen LogP contribution in [0, 0.1) is 5.82 Å². The smallest absolute Gasteiger partial charge is 0.167 e. The zero-order chi connectivity index (χ0) is 13.9. The average Bonchev–Trinajstić information content (AvgIpc) is 2.97. The number of nitrogens with one attached hydrogen (secondary N) is 1. The number of hydrogen-bond donors (Lipinski definition) is 1. The first-order valence-corrected chi connectivity index (χ1v) is 6.32. The maximum atomic E-state index is 13.6. The first kappa shape index (κ1) is 12.7. The SMILES string of the molecule is Fc1cc(Cl)ccc1Oc1ccc(-c2c[nH]cn2)cc1. The predicted octanol–water partition coefficient (Wildman–Crippen LogP) is 4.66. The molecule has 0 spiro atoms. The zero-order valence-corrected chi connectivity index (χ0v) is 11.1. The van der Waals surface area contributed by atoms with Crippen molar-refractivity contribution in [3.05, 3.63) is 65.8 Å². The Morgan fingerprint density at radius 3 is 2.55 bits per heavy atom. The van der Waals surface area contributed by atoms with E-state index in [1.807, 2.05) is 12.1 Å². The minimum Gasteiger partial charge on any atom is -0.454 e. The van der Waals surface area contributed by atoms with Gasteiger partial charge in [-0.2, -0.15) is 0 Å². The van der Waals surface area contributed by atoms with Crippen LogP contribution in [0.4, 0.5) is 4.39 Å². The minimum absolute atomic E-state index is 0.141. The molecular formula is C15H10ClFN2O. The van der Waals surface area contributed by atoms with Crippen LogP contribution in [-0.4, -0.2) is 9.97 Å². The summed E-state index contributed by atoms with van der Waals surface area (Å²) in [6, 6.07) is 11.5. The third kappa shape index (κ3) is 2.65. The fourth-order valence-electron chi connectivity index (χ4n) is 1.80. The molecule has 3 rings (SSSR count). The summed E-state index contributed by atoms with van der Waals surface area (Å²) in [6.07, 6.45) is 3.41. The number of imidazole rings is 1. The standard InChI is InChI=1S/C15H10ClFN2O/c16-11-3-6-15(13(17)7-11)20-12-4-1-10(2-5-12)14-8-18-9-19-14/h1-9H,(H,18,19). The van der Waals surface area contributed by atoms with Crippen LogP contribution < -0.4 is 4.74 Å². The number of rotatable bonds is 3. The van der Waals surface area contributed by atoms with Crippen molar-refractivity contribution < 1.29 is 9.13 Å². The van der Waals surface area contributed by atoms with Crippen molar-refractivity contribution in [2.75, 3.05) is 0 Å². The van der Waals surface area contributed by atoms with Crippen LogP contribution >= 0.6 is 11.6 Å². The van der Waals surface area contributed by atoms with Gasteiger partial charge in [0.2, 0.25) is 0 Å². The molecule has 3 nitrogen and oxygen atoms in total. The first-order valence-electron chi connectivity index (χ1n) is 5.94. The summed E-state index contributed by atoms with van der Waals surface area (Å²) in [6.45, 7) is 0. The monoisotopic (exact) mass is 288 g/mol. The van der Waals surface area contributed by atoms with Gasteiger partial charge in [-0.25, -0.2) is 9.37 Å². The van der Waals surface area contributed by atoms with Gasteiger partial charge in [0.1, 0.15) is 5.75 Å². The molecule has 5 heteroatoms. The van der Waals surface area contributed by atoms with Gasteiger partial charge >= 0.3 is 0 Å². The molecule has 2 aromatic carbocycles. The molecule has 1 N–H and O–H groups in total. The average molecular weight is 289 g/mol. The van der Waals surface area contributed by atoms with Gasteiger partial charge in [0.05, 0.1) is 12.0 Å². The molecule has 0 saturated carbocycles. The Morgan fingerprint density at radius 2 is 1.90 bits per heavy atom. The molecule has 0 atom stereocenters. The number of benzene rings is 2. The molecule has 0 aliphatic heterocycles. The molecule has 0 aliphatic rings. The van der Waals surface area contributed by atoms with E-state index in [1.165, 1.54) is 12.1 Å². The van der Waals surface area contributed by atoms with E-state index in [4.69, 9.17) is 16.3 Å². The summed E-state index contributed by atoms with van der Waals surface area (Å²) in [5.41, 5.74) is 1.80. The zero-order valence-electron chi connectivity index (χ0n) is 10.3. The van der Waals surface area contributed by atoms with E-state index in [2.05, 4.69) is 9.97 Å². The number of nitrogens with zero attached hydrogens (tertiary/aromatic N) is 1. The number of H-pyrrole nitrogens is 1. The Kier molecular flexibility index (Phi) is 3.39. The number of ether oxygens (including phenoxy) is 1. The Morgan fingerprint density at radius 1 is 1.10 bits per heavy atom. The number of aromatic amines is 1. The maximum Gasteiger partial charge on any atom is 0.167 e. The highest BCUT2D eigenvalue weighted by atomic mass is 35.5. The summed E-state index contributed by atoms with van der Waals surface area (Å²) in [5, 5.41) is 0.337. The molecule has 0 saturated heterocycles. The molecule has 0 fully saturated rings. The third-order valence-corrected chi connectivity index (χ3v) is 3.01. The van der Waals surface area contributed by atoms with Gasteiger partial charge in [-0.3, -0.25) is 0 Å². The highest BCUT2D eigenvalue weighted by Gasteiger charge is 2.06. The van der Waals surface area contributed by atoms with Crippen molar-refractivity contribution in [3.8, 4) is 22.8 Å². The number of halogens is 2. The Labute approximate surface area is 120 Å². The fourth-order valence-corrected chi connectivity index (χ4v) is 1.96. The van der Waals surface area contributed by atoms with Crippen molar-refractivity contribution >= 4 is 11.6 Å². The van der Waals surface area contributed by atoms with Gasteiger partial charge in [-0.05, 0) is 42.5 Å². The van der Waals surface area contributed by atoms with Gasteiger partial charge in [-0.15, -0.1) is 0 Å². The molecule has 0 amide bonds. The van der Waals surface area contributed by atoms with Gasteiger partial charge in [-0.1, -0.05) is 11.6 Å². The number of aromatic nitrogens is 2. The molecule has 3 aromatic rings. The van der Waals surface area contributed by atoms with Crippen molar-refractivity contribution in [2.45, 2.75) is 0 Å². The lowest BCUT2D eigenvalue weighted by Crippen LogP contribution is -1.88. The highest BCUT2D eigenvalue weighted by molar-refractivity contribution is 6.30. The Hall–Kier alpha value is -2.33. The normalized spacial score (nSPS) is 10.5. The third-order valence-electron chi connectivity index (χ3n) is 2.77. The summed E-state index contributed by atoms with van der Waals surface area (Å²) < 4.78 is 19.1. The second kappa shape index (κ2) is 5.35. The van der Waals surface area contributed by atoms with E-state index in [-0.39, 0.29) is 5.75 Å². The summed E-state index contributed by atoms with van der Waals surface area (Å²) in [7, 11) is 0. The quantitative estimate of drug-likeness (QED) is 0.761. The molecule has 100 valence electrons. The molecule has 0 unspecified atom stereocenters. The molecule has 1 heterocycles. The highest BCUT2D eigenvalue weighted by Crippen LogP contribution is 2.28. The minimum atomic E-state index is -0.492. The van der Waals surface area contributed by atoms with Crippen LogP contribution in [0.2, 0.25) is 5.02 Å². The van der Waals surface area contributed by atoms with Crippen molar-refractivity contribution in [1.82, 2.24) is 9.97 Å². The van der Waals surface area contributed by atoms with Crippen LogP contribution in [0.5, 0.6) is 11.5 Å². The topological polar surface area (TPSA) is 37.9 Å². The van der Waals surface area contributed by atoms with E-state index in [1.54, 1.807) is 30.7 Å². The Balaban J connectivity index is 1.81. The van der Waals surface area contributed by atoms with Crippen LogP contribution in [-0.2, 0) is 0 Å². The van der Waals surface area contributed by atoms with E-state index < -0.39 is 5.82 Å². The van der Waals surface area contributed by atoms with Crippen molar-refractivity contribution in [3.63, 3.8) is 0 Å². The first-order chi connectivity index (χ1) is 9.72. The molecule has 0 bridgehead atoms. The predicted molar refractivity (Wildman–Crippen MR) is 75.5 cm³/mol. The van der Waals surface area contributed by atoms with Crippen LogP contribution in [0.3, 0.4) is 0 Å². The van der Waals surface area contributed by atoms with Crippen LogP contribution in [0.25, 0.3) is 11.3 Å². The van der Waals surface area contributed by atoms with Gasteiger partial charge in [0, 0.05) is 16.8 Å². The lowest BCUT2D eigenvalue weighted by molar-refractivity contribution is 0.442.